The second kappa shape index (κ2) is 6.87. The largest absolute Gasteiger partial charge is 0.496 e. The average molecular weight is 363 g/mol. The van der Waals surface area contributed by atoms with Crippen LogP contribution < -0.4 is 10.1 Å². The Morgan fingerprint density at radius 3 is 2.76 bits per heavy atom. The fourth-order valence-corrected chi connectivity index (χ4v) is 4.84. The number of carbonyl (C=O) groups is 1. The molecule has 0 radical (unpaired) electrons. The van der Waals surface area contributed by atoms with Crippen molar-refractivity contribution < 1.29 is 17.9 Å². The Balaban J connectivity index is 1.93. The van der Waals surface area contributed by atoms with Gasteiger partial charge >= 0.3 is 0 Å². The minimum absolute atomic E-state index is 0.0623. The van der Waals surface area contributed by atoms with Crippen molar-refractivity contribution in [3.63, 3.8) is 0 Å². The molecule has 3 rings (SSSR count). The molecule has 1 aliphatic rings. The molecule has 2 atom stereocenters. The monoisotopic (exact) mass is 363 g/mol. The highest BCUT2D eigenvalue weighted by atomic mass is 32.2. The molecule has 0 bridgehead atoms. The summed E-state index contributed by atoms with van der Waals surface area (Å²) in [5.74, 6) is 0.446. The Labute approximate surface area is 146 Å². The first-order valence-electron chi connectivity index (χ1n) is 8.02. The Bertz CT molecular complexity index is 876. The van der Waals surface area contributed by atoms with Crippen LogP contribution in [-0.4, -0.2) is 42.5 Å². The fraction of sp³-hybridized carbons (Fsp3) is 0.412. The number of carbonyl (C=O) groups excluding carboxylic acids is 1. The van der Waals surface area contributed by atoms with Crippen LogP contribution in [0.15, 0.2) is 36.7 Å². The van der Waals surface area contributed by atoms with E-state index in [1.165, 1.54) is 0 Å². The number of aromatic nitrogens is 2. The standard InChI is InChI=1S/C17H21N3O4S/c1-20-9-8-18-16(20)15(13-5-3-4-6-14(13)24-2)19-17(21)12-7-10-25(22,23)11-12/h3-6,8-9,12,15H,7,10-11H2,1-2H3,(H,19,21)/t12-,15-/m0/s1. The fourth-order valence-electron chi connectivity index (χ4n) is 3.10. The maximum atomic E-state index is 12.7. The van der Waals surface area contributed by atoms with Crippen molar-refractivity contribution in [1.29, 1.82) is 0 Å². The van der Waals surface area contributed by atoms with E-state index in [9.17, 15) is 13.2 Å². The van der Waals surface area contributed by atoms with E-state index in [0.717, 1.165) is 5.56 Å². The first-order valence-corrected chi connectivity index (χ1v) is 9.84. The summed E-state index contributed by atoms with van der Waals surface area (Å²) < 4.78 is 30.6. The molecule has 134 valence electrons. The minimum Gasteiger partial charge on any atom is -0.496 e. The van der Waals surface area contributed by atoms with E-state index in [-0.39, 0.29) is 17.4 Å². The lowest BCUT2D eigenvalue weighted by atomic mass is 10.0. The van der Waals surface area contributed by atoms with Gasteiger partial charge in [-0.2, -0.15) is 0 Å². The van der Waals surface area contributed by atoms with Gasteiger partial charge in [0.1, 0.15) is 17.6 Å². The second-order valence-corrected chi connectivity index (χ2v) is 8.41. The van der Waals surface area contributed by atoms with Gasteiger partial charge in [0.05, 0.1) is 24.5 Å². The number of nitrogens with one attached hydrogen (secondary N) is 1. The first-order chi connectivity index (χ1) is 11.9. The summed E-state index contributed by atoms with van der Waals surface area (Å²) in [6, 6.07) is 6.87. The van der Waals surface area contributed by atoms with E-state index in [0.29, 0.717) is 18.0 Å². The summed E-state index contributed by atoms with van der Waals surface area (Å²) in [6.45, 7) is 0. The molecule has 0 unspecified atom stereocenters. The topological polar surface area (TPSA) is 90.3 Å². The zero-order valence-electron chi connectivity index (χ0n) is 14.2. The van der Waals surface area contributed by atoms with Gasteiger partial charge in [-0.1, -0.05) is 18.2 Å². The third-order valence-corrected chi connectivity index (χ3v) is 6.22. The number of methoxy groups -OCH3 is 1. The lowest BCUT2D eigenvalue weighted by Gasteiger charge is -2.22. The highest BCUT2D eigenvalue weighted by Gasteiger charge is 2.35. The van der Waals surface area contributed by atoms with Crippen LogP contribution in [0.25, 0.3) is 0 Å². The smallest absolute Gasteiger partial charge is 0.225 e. The van der Waals surface area contributed by atoms with Crippen LogP contribution in [0, 0.1) is 5.92 Å². The molecule has 0 spiro atoms. The van der Waals surface area contributed by atoms with Crippen LogP contribution in [0.3, 0.4) is 0 Å². The molecule has 25 heavy (non-hydrogen) atoms. The molecule has 1 aromatic carbocycles. The summed E-state index contributed by atoms with van der Waals surface area (Å²) in [4.78, 5) is 17.0. The van der Waals surface area contributed by atoms with Crippen molar-refractivity contribution in [2.45, 2.75) is 12.5 Å². The van der Waals surface area contributed by atoms with E-state index in [2.05, 4.69) is 10.3 Å². The number of aryl methyl sites for hydroxylation is 1. The Kier molecular flexibility index (Phi) is 4.80. The van der Waals surface area contributed by atoms with E-state index in [4.69, 9.17) is 4.74 Å². The van der Waals surface area contributed by atoms with Crippen molar-refractivity contribution in [3.05, 3.63) is 48.0 Å². The first kappa shape index (κ1) is 17.5. The van der Waals surface area contributed by atoms with Gasteiger partial charge in [-0.3, -0.25) is 4.79 Å². The zero-order valence-corrected chi connectivity index (χ0v) is 15.0. The van der Waals surface area contributed by atoms with Crippen molar-refractivity contribution in [1.82, 2.24) is 14.9 Å². The third kappa shape index (κ3) is 3.68. The Hall–Kier alpha value is -2.35. The summed E-state index contributed by atoms with van der Waals surface area (Å²) in [6.07, 6.45) is 3.81. The van der Waals surface area contributed by atoms with Crippen LogP contribution >= 0.6 is 0 Å². The van der Waals surface area contributed by atoms with Crippen molar-refractivity contribution in [3.8, 4) is 5.75 Å². The van der Waals surface area contributed by atoms with Crippen LogP contribution in [0.4, 0.5) is 0 Å². The average Bonchev–Trinajstić information content (AvgIpc) is 3.17. The molecule has 2 heterocycles. The summed E-state index contributed by atoms with van der Waals surface area (Å²) >= 11 is 0. The Morgan fingerprint density at radius 1 is 1.40 bits per heavy atom. The van der Waals surface area contributed by atoms with Gasteiger partial charge < -0.3 is 14.6 Å². The molecule has 0 saturated carbocycles. The lowest BCUT2D eigenvalue weighted by molar-refractivity contribution is -0.124. The third-order valence-electron chi connectivity index (χ3n) is 4.46. The molecular formula is C17H21N3O4S. The minimum atomic E-state index is -3.12. The van der Waals surface area contributed by atoms with Gasteiger partial charge in [0.25, 0.3) is 0 Å². The molecule has 2 aromatic rings. The van der Waals surface area contributed by atoms with Crippen molar-refractivity contribution in [2.75, 3.05) is 18.6 Å². The summed E-state index contributed by atoms with van der Waals surface area (Å²) in [5, 5.41) is 2.96. The van der Waals surface area contributed by atoms with Gasteiger partial charge in [-0.15, -0.1) is 0 Å². The summed E-state index contributed by atoms with van der Waals surface area (Å²) in [7, 11) is 0.291. The molecule has 1 aliphatic heterocycles. The highest BCUT2D eigenvalue weighted by Crippen LogP contribution is 2.30. The Morgan fingerprint density at radius 2 is 2.16 bits per heavy atom. The SMILES string of the molecule is COc1ccccc1[C@H](NC(=O)[C@H]1CCS(=O)(=O)C1)c1nccn1C. The maximum absolute atomic E-state index is 12.7. The number of ether oxygens (including phenoxy) is 1. The molecule has 0 aliphatic carbocycles. The quantitative estimate of drug-likeness (QED) is 0.858. The second-order valence-electron chi connectivity index (χ2n) is 6.18. The van der Waals surface area contributed by atoms with Gasteiger partial charge in [0.2, 0.25) is 5.91 Å². The number of sulfone groups is 1. The molecule has 7 nitrogen and oxygen atoms in total. The molecule has 1 saturated heterocycles. The maximum Gasteiger partial charge on any atom is 0.225 e. The molecule has 8 heteroatoms. The number of nitrogens with zero attached hydrogens (tertiary/aromatic N) is 2. The van der Waals surface area contributed by atoms with E-state index in [1.807, 2.05) is 35.9 Å². The molecule has 1 aromatic heterocycles. The van der Waals surface area contributed by atoms with Gasteiger partial charge in [-0.25, -0.2) is 13.4 Å². The summed E-state index contributed by atoms with van der Waals surface area (Å²) in [5.41, 5.74) is 0.772. The number of rotatable bonds is 5. The van der Waals surface area contributed by atoms with E-state index < -0.39 is 21.8 Å². The molecule has 1 amide bonds. The lowest BCUT2D eigenvalue weighted by Crippen LogP contribution is -2.36. The van der Waals surface area contributed by atoms with Crippen LogP contribution in [0.1, 0.15) is 23.9 Å². The van der Waals surface area contributed by atoms with Gasteiger partial charge in [-0.05, 0) is 12.5 Å². The van der Waals surface area contributed by atoms with Gasteiger partial charge in [0, 0.05) is 25.0 Å². The van der Waals surface area contributed by atoms with Crippen LogP contribution in [-0.2, 0) is 21.7 Å². The van der Waals surface area contributed by atoms with Crippen molar-refractivity contribution >= 4 is 15.7 Å². The van der Waals surface area contributed by atoms with Crippen LogP contribution in [0.5, 0.6) is 5.75 Å². The normalized spacial score (nSPS) is 20.2. The zero-order chi connectivity index (χ0) is 18.0. The molecule has 1 N–H and O–H groups in total. The molecular weight excluding hydrogens is 342 g/mol. The number of benzene rings is 1. The van der Waals surface area contributed by atoms with Crippen LogP contribution in [0.2, 0.25) is 0 Å². The van der Waals surface area contributed by atoms with Gasteiger partial charge in [0.15, 0.2) is 9.84 Å². The number of para-hydroxylation sites is 1. The predicted molar refractivity (Wildman–Crippen MR) is 92.9 cm³/mol. The highest BCUT2D eigenvalue weighted by molar-refractivity contribution is 7.91. The number of hydrogen-bond acceptors (Lipinski definition) is 5. The predicted octanol–water partition coefficient (Wildman–Crippen LogP) is 1.07. The van der Waals surface area contributed by atoms with E-state index >= 15 is 0 Å². The molecule has 1 fully saturated rings. The van der Waals surface area contributed by atoms with E-state index in [1.54, 1.807) is 19.5 Å². The number of amides is 1. The number of hydrogen-bond donors (Lipinski definition) is 1. The van der Waals surface area contributed by atoms with Crippen molar-refractivity contribution in [2.24, 2.45) is 13.0 Å². The number of imidazole rings is 1.